The molecular formula is C15H20N2O4. The Morgan fingerprint density at radius 1 is 1.43 bits per heavy atom. The number of anilines is 1. The van der Waals surface area contributed by atoms with Gasteiger partial charge in [0.05, 0.1) is 11.7 Å². The number of carboxylic acid groups (broad SMARTS) is 1. The molecule has 2 aliphatic heterocycles. The molecule has 1 atom stereocenters. The van der Waals surface area contributed by atoms with Crippen molar-refractivity contribution in [2.75, 3.05) is 24.6 Å². The van der Waals surface area contributed by atoms with Gasteiger partial charge in [0.25, 0.3) is 0 Å². The van der Waals surface area contributed by atoms with Gasteiger partial charge in [-0.3, -0.25) is 0 Å². The van der Waals surface area contributed by atoms with Crippen LogP contribution in [-0.2, 0) is 4.74 Å². The minimum atomic E-state index is -1.02. The Morgan fingerprint density at radius 2 is 2.19 bits per heavy atom. The number of aromatic carboxylic acids is 1. The molecule has 0 aromatic carbocycles. The SMILES string of the molecule is O=C(O)c1cc(N2CCC3(CC2)OCCC[C@@H]3O)ccn1. The van der Waals surface area contributed by atoms with E-state index < -0.39 is 11.6 Å². The molecule has 3 heterocycles. The number of hydrogen-bond donors (Lipinski definition) is 2. The summed E-state index contributed by atoms with van der Waals surface area (Å²) in [6, 6.07) is 3.42. The van der Waals surface area contributed by atoms with Gasteiger partial charge in [-0.05, 0) is 37.8 Å². The molecule has 6 nitrogen and oxygen atoms in total. The van der Waals surface area contributed by atoms with Crippen molar-refractivity contribution in [3.8, 4) is 0 Å². The monoisotopic (exact) mass is 292 g/mol. The quantitative estimate of drug-likeness (QED) is 0.854. The number of pyridine rings is 1. The highest BCUT2D eigenvalue weighted by Crippen LogP contribution is 2.36. The van der Waals surface area contributed by atoms with E-state index in [1.807, 2.05) is 6.07 Å². The fourth-order valence-electron chi connectivity index (χ4n) is 3.27. The standard InChI is InChI=1S/C15H20N2O4/c18-13-2-1-9-21-15(13)4-7-17(8-5-15)11-3-6-16-12(10-11)14(19)20/h3,6,10,13,18H,1-2,4-5,7-9H2,(H,19,20)/t13-/m0/s1. The predicted molar refractivity (Wildman–Crippen MR) is 76.6 cm³/mol. The van der Waals surface area contributed by atoms with E-state index in [-0.39, 0.29) is 11.8 Å². The van der Waals surface area contributed by atoms with Crippen LogP contribution in [0.2, 0.25) is 0 Å². The van der Waals surface area contributed by atoms with Gasteiger partial charge in [0, 0.05) is 31.6 Å². The first-order valence-corrected chi connectivity index (χ1v) is 7.37. The zero-order chi connectivity index (χ0) is 14.9. The molecule has 3 rings (SSSR count). The maximum absolute atomic E-state index is 11.0. The van der Waals surface area contributed by atoms with E-state index >= 15 is 0 Å². The average Bonchev–Trinajstić information content (AvgIpc) is 2.51. The van der Waals surface area contributed by atoms with Gasteiger partial charge in [-0.25, -0.2) is 9.78 Å². The van der Waals surface area contributed by atoms with Gasteiger partial charge in [0.15, 0.2) is 0 Å². The normalized spacial score (nSPS) is 25.0. The van der Waals surface area contributed by atoms with Crippen molar-refractivity contribution in [2.24, 2.45) is 0 Å². The third-order valence-corrected chi connectivity index (χ3v) is 4.56. The molecule has 1 aromatic rings. The predicted octanol–water partition coefficient (Wildman–Crippen LogP) is 1.29. The summed E-state index contributed by atoms with van der Waals surface area (Å²) < 4.78 is 5.88. The second-order valence-corrected chi connectivity index (χ2v) is 5.76. The highest BCUT2D eigenvalue weighted by Gasteiger charge is 2.43. The van der Waals surface area contributed by atoms with E-state index in [1.54, 1.807) is 6.07 Å². The van der Waals surface area contributed by atoms with Crippen molar-refractivity contribution in [2.45, 2.75) is 37.4 Å². The summed E-state index contributed by atoms with van der Waals surface area (Å²) in [6.07, 6.45) is 4.38. The van der Waals surface area contributed by atoms with Gasteiger partial charge in [0.2, 0.25) is 0 Å². The van der Waals surface area contributed by atoms with Crippen molar-refractivity contribution in [1.82, 2.24) is 4.98 Å². The van der Waals surface area contributed by atoms with Gasteiger partial charge in [-0.2, -0.15) is 0 Å². The Bertz CT molecular complexity index is 526. The van der Waals surface area contributed by atoms with Gasteiger partial charge >= 0.3 is 5.97 Å². The number of hydrogen-bond acceptors (Lipinski definition) is 5. The summed E-state index contributed by atoms with van der Waals surface area (Å²) in [6.45, 7) is 2.22. The molecule has 1 spiro atoms. The average molecular weight is 292 g/mol. The molecular weight excluding hydrogens is 272 g/mol. The molecule has 21 heavy (non-hydrogen) atoms. The first kappa shape index (κ1) is 14.3. The molecule has 0 radical (unpaired) electrons. The highest BCUT2D eigenvalue weighted by atomic mass is 16.5. The van der Waals surface area contributed by atoms with Crippen LogP contribution < -0.4 is 4.90 Å². The molecule has 1 aromatic heterocycles. The number of aromatic nitrogens is 1. The van der Waals surface area contributed by atoms with Crippen LogP contribution in [0.25, 0.3) is 0 Å². The summed E-state index contributed by atoms with van der Waals surface area (Å²) in [5.74, 6) is -1.02. The van der Waals surface area contributed by atoms with Crippen LogP contribution in [0, 0.1) is 0 Å². The second kappa shape index (κ2) is 5.61. The van der Waals surface area contributed by atoms with Crippen LogP contribution in [-0.4, -0.2) is 52.6 Å². The summed E-state index contributed by atoms with van der Waals surface area (Å²) in [4.78, 5) is 17.0. The highest BCUT2D eigenvalue weighted by molar-refractivity contribution is 5.86. The van der Waals surface area contributed by atoms with Crippen molar-refractivity contribution < 1.29 is 19.7 Å². The molecule has 0 unspecified atom stereocenters. The third-order valence-electron chi connectivity index (χ3n) is 4.56. The van der Waals surface area contributed by atoms with Gasteiger partial charge < -0.3 is 19.8 Å². The zero-order valence-electron chi connectivity index (χ0n) is 11.9. The maximum Gasteiger partial charge on any atom is 0.354 e. The number of piperidine rings is 1. The first-order valence-electron chi connectivity index (χ1n) is 7.37. The fourth-order valence-corrected chi connectivity index (χ4v) is 3.27. The number of carbonyl (C=O) groups is 1. The number of nitrogens with zero attached hydrogens (tertiary/aromatic N) is 2. The second-order valence-electron chi connectivity index (χ2n) is 5.76. The number of carboxylic acids is 1. The molecule has 2 N–H and O–H groups in total. The summed E-state index contributed by atoms with van der Waals surface area (Å²) in [5, 5.41) is 19.2. The Labute approximate surface area is 123 Å². The molecule has 2 saturated heterocycles. The largest absolute Gasteiger partial charge is 0.477 e. The Balaban J connectivity index is 1.71. The van der Waals surface area contributed by atoms with Crippen molar-refractivity contribution >= 4 is 11.7 Å². The Morgan fingerprint density at radius 3 is 2.86 bits per heavy atom. The van der Waals surface area contributed by atoms with Crippen LogP contribution in [0.4, 0.5) is 5.69 Å². The van der Waals surface area contributed by atoms with Gasteiger partial charge in [-0.15, -0.1) is 0 Å². The van der Waals surface area contributed by atoms with E-state index in [9.17, 15) is 9.90 Å². The zero-order valence-corrected chi connectivity index (χ0v) is 11.9. The maximum atomic E-state index is 11.0. The van der Waals surface area contributed by atoms with Crippen molar-refractivity contribution in [3.05, 3.63) is 24.0 Å². The van der Waals surface area contributed by atoms with Crippen LogP contribution in [0.3, 0.4) is 0 Å². The summed E-state index contributed by atoms with van der Waals surface area (Å²) >= 11 is 0. The lowest BCUT2D eigenvalue weighted by atomic mass is 9.82. The number of aliphatic hydroxyl groups excluding tert-OH is 1. The number of aliphatic hydroxyl groups is 1. The van der Waals surface area contributed by atoms with Crippen molar-refractivity contribution in [1.29, 1.82) is 0 Å². The molecule has 0 aliphatic carbocycles. The number of ether oxygens (including phenoxy) is 1. The van der Waals surface area contributed by atoms with E-state index in [0.29, 0.717) is 0 Å². The van der Waals surface area contributed by atoms with Gasteiger partial charge in [0.1, 0.15) is 5.69 Å². The molecule has 6 heteroatoms. The Kier molecular flexibility index (Phi) is 3.82. The molecule has 2 aliphatic rings. The summed E-state index contributed by atoms with van der Waals surface area (Å²) in [5.41, 5.74) is 0.515. The third kappa shape index (κ3) is 2.73. The smallest absolute Gasteiger partial charge is 0.354 e. The minimum absolute atomic E-state index is 0.0572. The van der Waals surface area contributed by atoms with E-state index in [2.05, 4.69) is 9.88 Å². The van der Waals surface area contributed by atoms with Crippen LogP contribution in [0.5, 0.6) is 0 Å². The lowest BCUT2D eigenvalue weighted by molar-refractivity contribution is -0.164. The lowest BCUT2D eigenvalue weighted by Crippen LogP contribution is -2.55. The number of rotatable bonds is 2. The Hall–Kier alpha value is -1.66. The van der Waals surface area contributed by atoms with E-state index in [1.165, 1.54) is 6.20 Å². The van der Waals surface area contributed by atoms with E-state index in [4.69, 9.17) is 9.84 Å². The van der Waals surface area contributed by atoms with Gasteiger partial charge in [-0.1, -0.05) is 0 Å². The summed E-state index contributed by atoms with van der Waals surface area (Å²) in [7, 11) is 0. The molecule has 0 saturated carbocycles. The van der Waals surface area contributed by atoms with Crippen molar-refractivity contribution in [3.63, 3.8) is 0 Å². The van der Waals surface area contributed by atoms with Crippen LogP contribution in [0.1, 0.15) is 36.2 Å². The van der Waals surface area contributed by atoms with E-state index in [0.717, 1.165) is 51.1 Å². The molecule has 0 amide bonds. The molecule has 2 fully saturated rings. The molecule has 0 bridgehead atoms. The minimum Gasteiger partial charge on any atom is -0.477 e. The van der Waals surface area contributed by atoms with Crippen LogP contribution in [0.15, 0.2) is 18.3 Å². The van der Waals surface area contributed by atoms with Crippen LogP contribution >= 0.6 is 0 Å². The topological polar surface area (TPSA) is 82.9 Å². The first-order chi connectivity index (χ1) is 10.1. The fraction of sp³-hybridized carbons (Fsp3) is 0.600. The lowest BCUT2D eigenvalue weighted by Gasteiger charge is -2.47. The molecule has 114 valence electrons.